The van der Waals surface area contributed by atoms with Gasteiger partial charge >= 0.3 is 0 Å². The molecule has 0 radical (unpaired) electrons. The number of anilines is 3. The maximum atomic E-state index is 2.37. The Morgan fingerprint density at radius 3 is 1.41 bits per heavy atom. The molecule has 56 heavy (non-hydrogen) atoms. The second-order valence-corrected chi connectivity index (χ2v) is 14.5. The molecule has 0 spiro atoms. The second kappa shape index (κ2) is 14.6. The Kier molecular flexibility index (Phi) is 8.70. The summed E-state index contributed by atoms with van der Waals surface area (Å²) >= 11 is 0. The molecule has 0 unspecified atom stereocenters. The van der Waals surface area contributed by atoms with Crippen LogP contribution in [0.5, 0.6) is 0 Å². The lowest BCUT2D eigenvalue weighted by Gasteiger charge is -2.26. The van der Waals surface area contributed by atoms with E-state index in [0.29, 0.717) is 0 Å². The van der Waals surface area contributed by atoms with Crippen molar-refractivity contribution in [2.45, 2.75) is 12.8 Å². The third-order valence-electron chi connectivity index (χ3n) is 11.1. The molecule has 0 fully saturated rings. The number of aromatic nitrogens is 1. The van der Waals surface area contributed by atoms with E-state index in [0.717, 1.165) is 29.9 Å². The van der Waals surface area contributed by atoms with E-state index in [4.69, 9.17) is 0 Å². The van der Waals surface area contributed by atoms with E-state index in [1.165, 1.54) is 72.0 Å². The van der Waals surface area contributed by atoms with Crippen molar-refractivity contribution in [2.75, 3.05) is 4.90 Å². The van der Waals surface area contributed by atoms with Crippen LogP contribution in [0.15, 0.2) is 218 Å². The number of fused-ring (bicyclic) bond motifs is 3. The molecule has 1 aromatic heterocycles. The maximum Gasteiger partial charge on any atom is 0.0541 e. The molecule has 0 atom stereocenters. The molecule has 1 aliphatic carbocycles. The fraction of sp³-hybridized carbons (Fsp3) is 0.0370. The fourth-order valence-corrected chi connectivity index (χ4v) is 8.18. The van der Waals surface area contributed by atoms with Crippen molar-refractivity contribution < 1.29 is 0 Å². The molecule has 1 aliphatic rings. The zero-order chi connectivity index (χ0) is 37.3. The van der Waals surface area contributed by atoms with Crippen molar-refractivity contribution in [3.8, 4) is 39.1 Å². The molecule has 2 heteroatoms. The summed E-state index contributed by atoms with van der Waals surface area (Å²) in [6, 6.07) is 72.6. The molecule has 0 N–H and O–H groups in total. The second-order valence-electron chi connectivity index (χ2n) is 14.5. The number of para-hydroxylation sites is 2. The summed E-state index contributed by atoms with van der Waals surface area (Å²) in [5, 5.41) is 2.53. The first-order valence-corrected chi connectivity index (χ1v) is 19.5. The average molecular weight is 717 g/mol. The highest BCUT2D eigenvalue weighted by Crippen LogP contribution is 2.39. The molecule has 9 aromatic rings. The normalized spacial score (nSPS) is 12.5. The van der Waals surface area contributed by atoms with E-state index in [-0.39, 0.29) is 0 Å². The van der Waals surface area contributed by atoms with E-state index in [2.05, 4.69) is 228 Å². The van der Waals surface area contributed by atoms with Crippen LogP contribution in [0.2, 0.25) is 0 Å². The first kappa shape index (κ1) is 33.4. The molecule has 2 nitrogen and oxygen atoms in total. The minimum absolute atomic E-state index is 1.10. The van der Waals surface area contributed by atoms with Crippen LogP contribution in [-0.4, -0.2) is 4.57 Å². The number of hydrogen-bond donors (Lipinski definition) is 0. The quantitative estimate of drug-likeness (QED) is 0.152. The van der Waals surface area contributed by atoms with Crippen LogP contribution in [-0.2, 0) is 0 Å². The van der Waals surface area contributed by atoms with Gasteiger partial charge in [-0.1, -0.05) is 152 Å². The summed E-state index contributed by atoms with van der Waals surface area (Å²) in [6.07, 6.45) is 9.07. The van der Waals surface area contributed by atoms with Gasteiger partial charge in [-0.25, -0.2) is 0 Å². The highest BCUT2D eigenvalue weighted by Gasteiger charge is 2.16. The summed E-state index contributed by atoms with van der Waals surface area (Å²) in [5.74, 6) is 0. The predicted octanol–water partition coefficient (Wildman–Crippen LogP) is 15.0. The zero-order valence-electron chi connectivity index (χ0n) is 31.1. The molecule has 0 saturated heterocycles. The fourth-order valence-electron chi connectivity index (χ4n) is 8.18. The number of nitrogens with zero attached hydrogens (tertiary/aromatic N) is 2. The lowest BCUT2D eigenvalue weighted by Crippen LogP contribution is -2.10. The lowest BCUT2D eigenvalue weighted by atomic mass is 9.98. The van der Waals surface area contributed by atoms with E-state index in [9.17, 15) is 0 Å². The minimum Gasteiger partial charge on any atom is -0.311 e. The maximum absolute atomic E-state index is 2.37. The van der Waals surface area contributed by atoms with Gasteiger partial charge in [0.15, 0.2) is 0 Å². The van der Waals surface area contributed by atoms with Gasteiger partial charge in [-0.3, -0.25) is 0 Å². The third-order valence-corrected chi connectivity index (χ3v) is 11.1. The van der Waals surface area contributed by atoms with Crippen molar-refractivity contribution in [3.05, 3.63) is 224 Å². The highest BCUT2D eigenvalue weighted by atomic mass is 15.1. The molecule has 10 rings (SSSR count). The zero-order valence-corrected chi connectivity index (χ0v) is 31.1. The van der Waals surface area contributed by atoms with Crippen LogP contribution in [0.25, 0.3) is 66.4 Å². The van der Waals surface area contributed by atoms with Gasteiger partial charge < -0.3 is 9.47 Å². The Bertz CT molecular complexity index is 2840. The van der Waals surface area contributed by atoms with Gasteiger partial charge in [0.2, 0.25) is 0 Å². The Morgan fingerprint density at radius 1 is 0.357 bits per heavy atom. The van der Waals surface area contributed by atoms with Gasteiger partial charge in [0.25, 0.3) is 0 Å². The van der Waals surface area contributed by atoms with Crippen LogP contribution in [0, 0.1) is 0 Å². The van der Waals surface area contributed by atoms with Crippen molar-refractivity contribution in [1.82, 2.24) is 4.57 Å². The molecule has 0 amide bonds. The van der Waals surface area contributed by atoms with E-state index >= 15 is 0 Å². The van der Waals surface area contributed by atoms with E-state index < -0.39 is 0 Å². The summed E-state index contributed by atoms with van der Waals surface area (Å²) in [7, 11) is 0. The topological polar surface area (TPSA) is 8.17 Å². The monoisotopic (exact) mass is 716 g/mol. The Balaban J connectivity index is 0.956. The number of benzene rings is 8. The molecule has 0 bridgehead atoms. The molecule has 266 valence electrons. The predicted molar refractivity (Wildman–Crippen MR) is 238 cm³/mol. The molecule has 8 aromatic carbocycles. The van der Waals surface area contributed by atoms with Gasteiger partial charge in [-0.15, -0.1) is 0 Å². The summed E-state index contributed by atoms with van der Waals surface area (Å²) in [6.45, 7) is 0. The van der Waals surface area contributed by atoms with E-state index in [1.54, 1.807) is 0 Å². The third kappa shape index (κ3) is 6.32. The molecular weight excluding hydrogens is 677 g/mol. The van der Waals surface area contributed by atoms with Gasteiger partial charge in [0, 0.05) is 33.5 Å². The standard InChI is InChI=1S/C54H40N2/c1-4-12-39(13-5-1)42-24-31-48(32-25-42)55(49-33-26-43(27-34-49)40-14-6-2-7-15-40)50-35-28-44(29-36-50)41-20-22-45(23-21-41)46-30-37-54-52(38-46)51-18-10-11-19-53(51)56(54)47-16-8-3-9-17-47/h1,3-6,8-38H,2,7H2. The average Bonchev–Trinajstić information content (AvgIpc) is 3.62. The number of allylic oxidation sites excluding steroid dienone is 4. The van der Waals surface area contributed by atoms with Crippen molar-refractivity contribution in [3.63, 3.8) is 0 Å². The van der Waals surface area contributed by atoms with Crippen LogP contribution < -0.4 is 4.90 Å². The smallest absolute Gasteiger partial charge is 0.0541 e. The van der Waals surface area contributed by atoms with E-state index in [1.807, 2.05) is 0 Å². The molecule has 0 aliphatic heterocycles. The SMILES string of the molecule is C1=CC(c2ccc(N(c3ccc(-c4ccccc4)cc3)c3ccc(-c4ccc(-c5ccc6c(c5)c5ccccc5n6-c5ccccc5)cc4)cc3)cc2)=CCC1. The highest BCUT2D eigenvalue weighted by molar-refractivity contribution is 6.10. The first-order chi connectivity index (χ1) is 27.8. The van der Waals surface area contributed by atoms with Gasteiger partial charge in [0.05, 0.1) is 11.0 Å². The van der Waals surface area contributed by atoms with Gasteiger partial charge in [-0.05, 0) is 124 Å². The molecular formula is C54H40N2. The summed E-state index contributed by atoms with van der Waals surface area (Å²) < 4.78 is 2.37. The number of hydrogen-bond acceptors (Lipinski definition) is 1. The van der Waals surface area contributed by atoms with Crippen LogP contribution in [0.4, 0.5) is 17.1 Å². The Hall–Kier alpha value is -7.16. The van der Waals surface area contributed by atoms with Crippen molar-refractivity contribution in [1.29, 1.82) is 0 Å². The van der Waals surface area contributed by atoms with Crippen LogP contribution in [0.1, 0.15) is 18.4 Å². The molecule has 0 saturated carbocycles. The summed E-state index contributed by atoms with van der Waals surface area (Å²) in [5.41, 5.74) is 16.8. The van der Waals surface area contributed by atoms with Crippen LogP contribution in [0.3, 0.4) is 0 Å². The van der Waals surface area contributed by atoms with Gasteiger partial charge in [0.1, 0.15) is 0 Å². The number of rotatable bonds is 8. The van der Waals surface area contributed by atoms with Gasteiger partial charge in [-0.2, -0.15) is 0 Å². The minimum atomic E-state index is 1.10. The Morgan fingerprint density at radius 2 is 0.821 bits per heavy atom. The Labute approximate surface area is 328 Å². The summed E-state index contributed by atoms with van der Waals surface area (Å²) in [4.78, 5) is 2.35. The largest absolute Gasteiger partial charge is 0.311 e. The first-order valence-electron chi connectivity index (χ1n) is 19.5. The van der Waals surface area contributed by atoms with Crippen molar-refractivity contribution >= 4 is 44.4 Å². The van der Waals surface area contributed by atoms with Crippen LogP contribution >= 0.6 is 0 Å². The molecule has 1 heterocycles. The van der Waals surface area contributed by atoms with Crippen molar-refractivity contribution in [2.24, 2.45) is 0 Å². The lowest BCUT2D eigenvalue weighted by molar-refractivity contribution is 1.04.